The summed E-state index contributed by atoms with van der Waals surface area (Å²) < 4.78 is 0. The van der Waals surface area contributed by atoms with Gasteiger partial charge in [-0.15, -0.1) is 0 Å². The molecule has 6 aromatic rings. The Morgan fingerprint density at radius 1 is 0.453 bits per heavy atom. The van der Waals surface area contributed by atoms with E-state index in [1.165, 1.54) is 12.8 Å². The maximum atomic E-state index is 11.7. The van der Waals surface area contributed by atoms with Crippen molar-refractivity contribution in [3.05, 3.63) is 126 Å². The Morgan fingerprint density at radius 3 is 1.14 bits per heavy atom. The first-order valence-electron chi connectivity index (χ1n) is 21.9. The van der Waals surface area contributed by atoms with Gasteiger partial charge in [-0.25, -0.2) is 29.9 Å². The molecule has 3 fully saturated rings. The molecule has 3 amide bonds. The number of primary amides is 3. The third-order valence-electron chi connectivity index (χ3n) is 11.3. The van der Waals surface area contributed by atoms with E-state index in [4.69, 9.17) is 17.2 Å². The fraction of sp³-hybridized carbons (Fsp3) is 0.327. The average molecular weight is 861 g/mol. The fourth-order valence-corrected chi connectivity index (χ4v) is 8.09. The molecule has 0 radical (unpaired) electrons. The van der Waals surface area contributed by atoms with Crippen molar-refractivity contribution in [1.29, 1.82) is 0 Å². The van der Waals surface area contributed by atoms with Crippen LogP contribution in [0.3, 0.4) is 0 Å². The van der Waals surface area contributed by atoms with E-state index >= 15 is 0 Å². The van der Waals surface area contributed by atoms with Crippen LogP contribution < -0.4 is 31.9 Å². The van der Waals surface area contributed by atoms with Crippen LogP contribution in [-0.4, -0.2) is 86.9 Å². The maximum Gasteiger partial charge on any atom is 0.267 e. The molecule has 0 bridgehead atoms. The lowest BCUT2D eigenvalue weighted by Gasteiger charge is -2.35. The highest BCUT2D eigenvalue weighted by atomic mass is 16.2. The molecular weight excluding hydrogens is 805 g/mol. The minimum atomic E-state index is -0.527. The van der Waals surface area contributed by atoms with Crippen LogP contribution in [-0.2, 0) is 0 Å². The molecule has 3 aliphatic heterocycles. The van der Waals surface area contributed by atoms with Crippen LogP contribution in [0, 0.1) is 17.8 Å². The first kappa shape index (κ1) is 44.8. The van der Waals surface area contributed by atoms with Crippen molar-refractivity contribution in [2.75, 3.05) is 54.0 Å². The van der Waals surface area contributed by atoms with Crippen molar-refractivity contribution in [3.8, 4) is 33.8 Å². The number of rotatable bonds is 9. The number of amides is 3. The van der Waals surface area contributed by atoms with Crippen LogP contribution in [0.4, 0.5) is 17.8 Å². The quantitative estimate of drug-likeness (QED) is 0.139. The number of hydrogen-bond donors (Lipinski definition) is 3. The summed E-state index contributed by atoms with van der Waals surface area (Å²) in [6, 6.07) is 34.3. The number of carbonyl (C=O) groups is 3. The van der Waals surface area contributed by atoms with E-state index in [1.807, 2.05) is 95.9 Å². The van der Waals surface area contributed by atoms with Crippen molar-refractivity contribution in [3.63, 3.8) is 0 Å². The third kappa shape index (κ3) is 11.6. The number of nitrogens with two attached hydrogens (primary N) is 3. The van der Waals surface area contributed by atoms with Gasteiger partial charge in [0.25, 0.3) is 17.7 Å². The van der Waals surface area contributed by atoms with E-state index in [2.05, 4.69) is 60.5 Å². The standard InChI is InChI=1S/C18H22N4O.C17H20N4O.C14H14N4O/c1-12-8-13(2)11-22(10-12)18-20-15(9-16(21-18)17(19)23)14-6-4-3-5-7-14;1-12-6-5-9-21(11-12)17-19-14(10-15(20-17)16(18)22)13-7-3-2-4-8-13;15-13(19)12-9-11(10-5-2-1-3-6-10)16-14(17-12)18-7-4-8-18/h3-7,9,12-13H,8,10-11H2,1-2H3,(H2,19,23);2-4,7-8,10,12H,5-6,9,11H2,1H3,(H2,18,22);1-3,5-6,9H,4,7-8H2,(H2,15,19). The third-order valence-corrected chi connectivity index (χ3v) is 11.3. The lowest BCUT2D eigenvalue weighted by atomic mass is 9.92. The zero-order valence-electron chi connectivity index (χ0n) is 36.7. The summed E-state index contributed by atoms with van der Waals surface area (Å²) in [5.74, 6) is 1.98. The first-order chi connectivity index (χ1) is 30.9. The molecule has 3 atom stereocenters. The Hall–Kier alpha value is -7.29. The van der Waals surface area contributed by atoms with Crippen LogP contribution in [0.2, 0.25) is 0 Å². The molecule has 9 rings (SSSR count). The fourth-order valence-electron chi connectivity index (χ4n) is 8.09. The van der Waals surface area contributed by atoms with Gasteiger partial charge in [-0.3, -0.25) is 14.4 Å². The monoisotopic (exact) mass is 860 g/mol. The maximum absolute atomic E-state index is 11.7. The molecule has 0 aliphatic carbocycles. The average Bonchev–Trinajstić information content (AvgIpc) is 3.29. The lowest BCUT2D eigenvalue weighted by molar-refractivity contribution is 0.0987. The Labute approximate surface area is 374 Å². The summed E-state index contributed by atoms with van der Waals surface area (Å²) in [6.07, 6.45) is 4.67. The molecule has 6 heterocycles. The van der Waals surface area contributed by atoms with Gasteiger partial charge in [-0.1, -0.05) is 112 Å². The summed E-state index contributed by atoms with van der Waals surface area (Å²) in [6.45, 7) is 12.2. The van der Waals surface area contributed by atoms with E-state index in [-0.39, 0.29) is 17.1 Å². The molecule has 0 spiro atoms. The van der Waals surface area contributed by atoms with E-state index in [0.29, 0.717) is 35.6 Å². The first-order valence-corrected chi connectivity index (χ1v) is 21.9. The minimum absolute atomic E-state index is 0.260. The molecule has 15 nitrogen and oxygen atoms in total. The highest BCUT2D eigenvalue weighted by molar-refractivity contribution is 5.93. The molecule has 3 saturated heterocycles. The molecular formula is C49H56N12O3. The predicted octanol–water partition coefficient (Wildman–Crippen LogP) is 6.66. The Kier molecular flexibility index (Phi) is 14.5. The second kappa shape index (κ2) is 20.7. The summed E-state index contributed by atoms with van der Waals surface area (Å²) >= 11 is 0. The minimum Gasteiger partial charge on any atom is -0.364 e. The molecule has 3 aromatic carbocycles. The van der Waals surface area contributed by atoms with Crippen molar-refractivity contribution in [2.45, 2.75) is 46.5 Å². The summed E-state index contributed by atoms with van der Waals surface area (Å²) in [5, 5.41) is 0. The number of benzene rings is 3. The second-order valence-electron chi connectivity index (χ2n) is 16.9. The van der Waals surface area contributed by atoms with Crippen molar-refractivity contribution in [1.82, 2.24) is 29.9 Å². The Morgan fingerprint density at radius 2 is 0.797 bits per heavy atom. The van der Waals surface area contributed by atoms with Crippen LogP contribution in [0.5, 0.6) is 0 Å². The van der Waals surface area contributed by atoms with Gasteiger partial charge in [0.05, 0.1) is 17.1 Å². The van der Waals surface area contributed by atoms with E-state index in [0.717, 1.165) is 85.9 Å². The highest BCUT2D eigenvalue weighted by Crippen LogP contribution is 2.28. The van der Waals surface area contributed by atoms with Gasteiger partial charge < -0.3 is 31.9 Å². The molecule has 15 heteroatoms. The molecule has 330 valence electrons. The predicted molar refractivity (Wildman–Crippen MR) is 251 cm³/mol. The largest absolute Gasteiger partial charge is 0.364 e. The van der Waals surface area contributed by atoms with Crippen molar-refractivity contribution < 1.29 is 14.4 Å². The van der Waals surface area contributed by atoms with Crippen LogP contribution in [0.25, 0.3) is 33.8 Å². The van der Waals surface area contributed by atoms with Gasteiger partial charge in [-0.2, -0.15) is 0 Å². The van der Waals surface area contributed by atoms with Gasteiger partial charge in [0.1, 0.15) is 17.1 Å². The number of nitrogens with zero attached hydrogens (tertiary/aromatic N) is 9. The number of aromatic nitrogens is 6. The molecule has 6 N–H and O–H groups in total. The Bertz CT molecular complexity index is 2530. The Balaban J connectivity index is 0.000000144. The number of anilines is 3. The number of carbonyl (C=O) groups excluding carboxylic acids is 3. The topological polar surface area (TPSA) is 216 Å². The van der Waals surface area contributed by atoms with Gasteiger partial charge in [0, 0.05) is 56.0 Å². The number of hydrogen-bond acceptors (Lipinski definition) is 12. The van der Waals surface area contributed by atoms with Gasteiger partial charge in [0.15, 0.2) is 0 Å². The number of piperidine rings is 2. The van der Waals surface area contributed by atoms with Crippen LogP contribution in [0.15, 0.2) is 109 Å². The molecule has 3 aliphatic rings. The lowest BCUT2D eigenvalue weighted by Crippen LogP contribution is -2.40. The van der Waals surface area contributed by atoms with E-state index < -0.39 is 17.7 Å². The van der Waals surface area contributed by atoms with Crippen LogP contribution in [0.1, 0.15) is 77.9 Å². The summed E-state index contributed by atoms with van der Waals surface area (Å²) in [5.41, 5.74) is 22.1. The SMILES string of the molecule is CC1CC(C)CN(c2nc(C(N)=O)cc(-c3ccccc3)n2)C1.CC1CCCN(c2nc(C(N)=O)cc(-c3ccccc3)n2)C1.NC(=O)c1cc(-c2ccccc2)nc(N2CCC2)n1. The molecule has 3 unspecified atom stereocenters. The van der Waals surface area contributed by atoms with Gasteiger partial charge in [-0.05, 0) is 61.6 Å². The highest BCUT2D eigenvalue weighted by Gasteiger charge is 2.26. The van der Waals surface area contributed by atoms with Crippen molar-refractivity contribution in [2.24, 2.45) is 35.0 Å². The smallest absolute Gasteiger partial charge is 0.267 e. The summed E-state index contributed by atoms with van der Waals surface area (Å²) in [7, 11) is 0. The van der Waals surface area contributed by atoms with Gasteiger partial charge in [0.2, 0.25) is 17.8 Å². The normalized spacial score (nSPS) is 18.0. The van der Waals surface area contributed by atoms with E-state index in [9.17, 15) is 14.4 Å². The summed E-state index contributed by atoms with van der Waals surface area (Å²) in [4.78, 5) is 67.8. The second-order valence-corrected chi connectivity index (χ2v) is 16.9. The van der Waals surface area contributed by atoms with Gasteiger partial charge >= 0.3 is 0 Å². The van der Waals surface area contributed by atoms with Crippen molar-refractivity contribution >= 4 is 35.6 Å². The van der Waals surface area contributed by atoms with E-state index in [1.54, 1.807) is 18.2 Å². The van der Waals surface area contributed by atoms with Crippen LogP contribution >= 0.6 is 0 Å². The zero-order valence-corrected chi connectivity index (χ0v) is 36.7. The molecule has 64 heavy (non-hydrogen) atoms. The zero-order chi connectivity index (χ0) is 45.2. The molecule has 3 aromatic heterocycles. The molecule has 0 saturated carbocycles.